The van der Waals surface area contributed by atoms with Crippen LogP contribution in [0.15, 0.2) is 48.5 Å². The Bertz CT molecular complexity index is 711. The molecule has 0 bridgehead atoms. The molecule has 2 aromatic carbocycles. The molecule has 2 amide bonds. The zero-order chi connectivity index (χ0) is 15.0. The van der Waals surface area contributed by atoms with Gasteiger partial charge in [-0.15, -0.1) is 0 Å². The summed E-state index contributed by atoms with van der Waals surface area (Å²) in [5.74, 6) is -1.67. The molecule has 2 N–H and O–H groups in total. The third-order valence-electron chi connectivity index (χ3n) is 3.55. The lowest BCUT2D eigenvalue weighted by Crippen LogP contribution is -2.29. The first-order chi connectivity index (χ1) is 10.1. The van der Waals surface area contributed by atoms with Crippen LogP contribution in [-0.4, -0.2) is 22.0 Å². The number of carbonyl (C=O) groups is 2. The summed E-state index contributed by atoms with van der Waals surface area (Å²) >= 11 is 0. The van der Waals surface area contributed by atoms with Crippen LogP contribution < -0.4 is 4.90 Å². The maximum Gasteiger partial charge on any atom is 0.241 e. The van der Waals surface area contributed by atoms with Crippen LogP contribution in [0.3, 0.4) is 0 Å². The van der Waals surface area contributed by atoms with E-state index in [0.717, 1.165) is 11.0 Å². The highest BCUT2D eigenvalue weighted by molar-refractivity contribution is 6.22. The second-order valence-electron chi connectivity index (χ2n) is 4.90. The normalized spacial score (nSPS) is 18.3. The van der Waals surface area contributed by atoms with Crippen LogP contribution in [0.2, 0.25) is 0 Å². The van der Waals surface area contributed by atoms with E-state index < -0.39 is 5.92 Å². The lowest BCUT2D eigenvalue weighted by atomic mass is 9.96. The number of carbonyl (C=O) groups excluding carboxylic acids is 2. The van der Waals surface area contributed by atoms with Crippen molar-refractivity contribution < 1.29 is 19.8 Å². The Hall–Kier alpha value is -2.82. The van der Waals surface area contributed by atoms with Gasteiger partial charge in [-0.1, -0.05) is 24.3 Å². The number of phenolic OH excluding ortho intramolecular Hbond substituents is 2. The second kappa shape index (κ2) is 4.94. The van der Waals surface area contributed by atoms with E-state index in [1.807, 2.05) is 0 Å². The number of hydrogen-bond acceptors (Lipinski definition) is 4. The van der Waals surface area contributed by atoms with Crippen molar-refractivity contribution in [1.82, 2.24) is 0 Å². The number of amides is 2. The average molecular weight is 283 g/mol. The molecule has 0 radical (unpaired) electrons. The predicted molar refractivity (Wildman–Crippen MR) is 76.1 cm³/mol. The van der Waals surface area contributed by atoms with Gasteiger partial charge >= 0.3 is 0 Å². The summed E-state index contributed by atoms with van der Waals surface area (Å²) in [4.78, 5) is 25.7. The molecule has 3 rings (SSSR count). The summed E-state index contributed by atoms with van der Waals surface area (Å²) in [6.07, 6.45) is 0.00601. The van der Waals surface area contributed by atoms with Gasteiger partial charge < -0.3 is 10.2 Å². The molecule has 5 heteroatoms. The van der Waals surface area contributed by atoms with Gasteiger partial charge in [-0.3, -0.25) is 14.5 Å². The van der Waals surface area contributed by atoms with Crippen molar-refractivity contribution in [1.29, 1.82) is 0 Å². The highest BCUT2D eigenvalue weighted by Gasteiger charge is 2.41. The molecule has 1 heterocycles. The summed E-state index contributed by atoms with van der Waals surface area (Å²) in [5, 5.41) is 19.2. The van der Waals surface area contributed by atoms with Crippen molar-refractivity contribution in [3.05, 3.63) is 54.1 Å². The lowest BCUT2D eigenvalue weighted by Gasteiger charge is -2.15. The summed E-state index contributed by atoms with van der Waals surface area (Å²) in [7, 11) is 0. The average Bonchev–Trinajstić information content (AvgIpc) is 2.75. The largest absolute Gasteiger partial charge is 0.508 e. The Morgan fingerprint density at radius 1 is 1.00 bits per heavy atom. The number of phenols is 2. The number of anilines is 1. The Morgan fingerprint density at radius 3 is 2.38 bits per heavy atom. The van der Waals surface area contributed by atoms with Gasteiger partial charge in [0, 0.05) is 18.1 Å². The number of nitrogens with zero attached hydrogens (tertiary/aromatic N) is 1. The monoisotopic (exact) mass is 283 g/mol. The van der Waals surface area contributed by atoms with Crippen molar-refractivity contribution in [2.75, 3.05) is 4.90 Å². The topological polar surface area (TPSA) is 77.8 Å². The Balaban J connectivity index is 1.97. The van der Waals surface area contributed by atoms with Crippen LogP contribution in [0.25, 0.3) is 0 Å². The van der Waals surface area contributed by atoms with Gasteiger partial charge in [-0.25, -0.2) is 0 Å². The molecule has 21 heavy (non-hydrogen) atoms. The molecule has 5 nitrogen and oxygen atoms in total. The van der Waals surface area contributed by atoms with E-state index in [0.29, 0.717) is 11.3 Å². The molecule has 1 aliphatic rings. The van der Waals surface area contributed by atoms with Crippen LogP contribution in [-0.2, 0) is 9.59 Å². The van der Waals surface area contributed by atoms with E-state index in [1.165, 1.54) is 12.1 Å². The fraction of sp³-hybridized carbons (Fsp3) is 0.125. The first-order valence-corrected chi connectivity index (χ1v) is 6.51. The molecule has 1 fully saturated rings. The summed E-state index contributed by atoms with van der Waals surface area (Å²) in [5.41, 5.74) is 0.873. The summed E-state index contributed by atoms with van der Waals surface area (Å²) < 4.78 is 0. The van der Waals surface area contributed by atoms with Crippen LogP contribution in [0, 0.1) is 0 Å². The minimum absolute atomic E-state index is 0.00601. The second-order valence-corrected chi connectivity index (χ2v) is 4.90. The van der Waals surface area contributed by atoms with E-state index >= 15 is 0 Å². The van der Waals surface area contributed by atoms with Gasteiger partial charge in [0.2, 0.25) is 11.8 Å². The highest BCUT2D eigenvalue weighted by atomic mass is 16.3. The third-order valence-corrected chi connectivity index (χ3v) is 3.55. The molecule has 1 atom stereocenters. The summed E-state index contributed by atoms with van der Waals surface area (Å²) in [6.45, 7) is 0. The number of imide groups is 1. The molecule has 0 saturated carbocycles. The van der Waals surface area contributed by atoms with Crippen LogP contribution in [0.4, 0.5) is 5.69 Å². The van der Waals surface area contributed by atoms with E-state index in [-0.39, 0.29) is 29.7 Å². The van der Waals surface area contributed by atoms with Crippen molar-refractivity contribution in [2.45, 2.75) is 12.3 Å². The first kappa shape index (κ1) is 13.2. The van der Waals surface area contributed by atoms with Gasteiger partial charge in [-0.2, -0.15) is 0 Å². The Labute approximate surface area is 121 Å². The molecule has 1 unspecified atom stereocenters. The summed E-state index contributed by atoms with van der Waals surface area (Å²) in [6, 6.07) is 12.7. The molecule has 0 spiro atoms. The van der Waals surface area contributed by atoms with E-state index in [1.54, 1.807) is 30.3 Å². The number of hydrogen-bond donors (Lipinski definition) is 2. The van der Waals surface area contributed by atoms with Gasteiger partial charge in [0.25, 0.3) is 0 Å². The minimum Gasteiger partial charge on any atom is -0.508 e. The fourth-order valence-corrected chi connectivity index (χ4v) is 2.55. The number of para-hydroxylation sites is 1. The molecular weight excluding hydrogens is 270 g/mol. The molecule has 0 aromatic heterocycles. The van der Waals surface area contributed by atoms with E-state index in [4.69, 9.17) is 0 Å². The molecule has 1 aliphatic heterocycles. The van der Waals surface area contributed by atoms with Gasteiger partial charge in [0.15, 0.2) is 0 Å². The highest BCUT2D eigenvalue weighted by Crippen LogP contribution is 2.38. The Morgan fingerprint density at radius 2 is 1.71 bits per heavy atom. The SMILES string of the molecule is O=C1CC(c2ccc(O)cc2O)C(=O)N1c1ccccc1. The van der Waals surface area contributed by atoms with Gasteiger partial charge in [0.1, 0.15) is 11.5 Å². The van der Waals surface area contributed by atoms with E-state index in [2.05, 4.69) is 0 Å². The number of benzene rings is 2. The van der Waals surface area contributed by atoms with Crippen LogP contribution in [0.5, 0.6) is 11.5 Å². The van der Waals surface area contributed by atoms with Crippen molar-refractivity contribution in [3.63, 3.8) is 0 Å². The number of aromatic hydroxyl groups is 2. The quantitative estimate of drug-likeness (QED) is 0.828. The fourth-order valence-electron chi connectivity index (χ4n) is 2.55. The van der Waals surface area contributed by atoms with Gasteiger partial charge in [0.05, 0.1) is 11.6 Å². The maximum absolute atomic E-state index is 12.5. The predicted octanol–water partition coefficient (Wildman–Crippen LogP) is 2.14. The first-order valence-electron chi connectivity index (χ1n) is 6.51. The standard InChI is InChI=1S/C16H13NO4/c18-11-6-7-12(14(19)8-11)13-9-15(20)17(16(13)21)10-4-2-1-3-5-10/h1-8,13,18-19H,9H2. The van der Waals surface area contributed by atoms with Crippen LogP contribution >= 0.6 is 0 Å². The van der Waals surface area contributed by atoms with E-state index in [9.17, 15) is 19.8 Å². The molecule has 2 aromatic rings. The third kappa shape index (κ3) is 2.23. The Kier molecular flexibility index (Phi) is 3.10. The van der Waals surface area contributed by atoms with Gasteiger partial charge in [-0.05, 0) is 18.2 Å². The molecule has 1 saturated heterocycles. The zero-order valence-electron chi connectivity index (χ0n) is 11.1. The minimum atomic E-state index is -0.724. The maximum atomic E-state index is 12.5. The molecular formula is C16H13NO4. The molecule has 0 aliphatic carbocycles. The van der Waals surface area contributed by atoms with Crippen molar-refractivity contribution in [3.8, 4) is 11.5 Å². The smallest absolute Gasteiger partial charge is 0.241 e. The lowest BCUT2D eigenvalue weighted by molar-refractivity contribution is -0.121. The van der Waals surface area contributed by atoms with Crippen molar-refractivity contribution in [2.24, 2.45) is 0 Å². The zero-order valence-corrected chi connectivity index (χ0v) is 11.1. The molecule has 106 valence electrons. The van der Waals surface area contributed by atoms with Crippen molar-refractivity contribution >= 4 is 17.5 Å². The van der Waals surface area contributed by atoms with Crippen LogP contribution in [0.1, 0.15) is 17.9 Å². The number of rotatable bonds is 2.